The minimum atomic E-state index is -0.127. The van der Waals surface area contributed by atoms with Gasteiger partial charge in [0.15, 0.2) is 5.82 Å². The van der Waals surface area contributed by atoms with Crippen LogP contribution in [0, 0.1) is 6.92 Å². The number of phenols is 1. The number of aryl methyl sites for hydroxylation is 1. The Kier molecular flexibility index (Phi) is 6.08. The maximum Gasteiger partial charge on any atom is 0.225 e. The number of halogens is 3. The Morgan fingerprint density at radius 2 is 2.08 bits per heavy atom. The molecule has 0 amide bonds. The predicted molar refractivity (Wildman–Crippen MR) is 109 cm³/mol. The van der Waals surface area contributed by atoms with Crippen molar-refractivity contribution >= 4 is 57.6 Å². The van der Waals surface area contributed by atoms with Crippen LogP contribution in [0.1, 0.15) is 24.8 Å². The number of anilines is 2. The highest BCUT2D eigenvalue weighted by Crippen LogP contribution is 2.40. The van der Waals surface area contributed by atoms with Gasteiger partial charge in [-0.25, -0.2) is 4.98 Å². The van der Waals surface area contributed by atoms with Crippen molar-refractivity contribution in [3.05, 3.63) is 28.0 Å². The van der Waals surface area contributed by atoms with Crippen LogP contribution in [0.4, 0.5) is 11.5 Å². The molecule has 3 N–H and O–H groups in total. The van der Waals surface area contributed by atoms with Gasteiger partial charge in [0.25, 0.3) is 0 Å². The number of phenolic OH excluding ortho intramolecular Hbond substituents is 1. The van der Waals surface area contributed by atoms with Crippen molar-refractivity contribution in [3.8, 4) is 17.0 Å². The third-order valence-electron chi connectivity index (χ3n) is 3.99. The van der Waals surface area contributed by atoms with Crippen LogP contribution in [-0.4, -0.2) is 27.9 Å². The molecule has 0 radical (unpaired) electrons. The Morgan fingerprint density at radius 1 is 1.28 bits per heavy atom. The molecule has 1 aromatic heterocycles. The summed E-state index contributed by atoms with van der Waals surface area (Å²) in [6.45, 7) is 2.50. The molecule has 0 aliphatic carbocycles. The summed E-state index contributed by atoms with van der Waals surface area (Å²) in [6, 6.07) is 3.27. The van der Waals surface area contributed by atoms with E-state index >= 15 is 0 Å². The van der Waals surface area contributed by atoms with Gasteiger partial charge in [-0.1, -0.05) is 11.6 Å². The SMILES string of the molecule is Cc1cc(Cl)c(-c2nc(Cl)nc(NC3CCCCO3)c2NI)cc1O. The van der Waals surface area contributed by atoms with Crippen LogP contribution in [0.5, 0.6) is 5.75 Å². The van der Waals surface area contributed by atoms with E-state index in [1.54, 1.807) is 19.1 Å². The molecule has 1 aliphatic heterocycles. The summed E-state index contributed by atoms with van der Waals surface area (Å²) in [4.78, 5) is 8.59. The Bertz CT molecular complexity index is 785. The average molecular weight is 495 g/mol. The second-order valence-electron chi connectivity index (χ2n) is 5.78. The maximum absolute atomic E-state index is 10.1. The molecule has 1 unspecified atom stereocenters. The number of aromatic nitrogens is 2. The summed E-state index contributed by atoms with van der Waals surface area (Å²) in [6.07, 6.45) is 2.92. The largest absolute Gasteiger partial charge is 0.508 e. The van der Waals surface area contributed by atoms with Crippen LogP contribution in [-0.2, 0) is 4.74 Å². The van der Waals surface area contributed by atoms with Crippen LogP contribution in [0.15, 0.2) is 12.1 Å². The van der Waals surface area contributed by atoms with E-state index in [1.807, 2.05) is 22.9 Å². The van der Waals surface area contributed by atoms with Crippen LogP contribution < -0.4 is 8.85 Å². The molecule has 1 aromatic carbocycles. The molecule has 1 aliphatic rings. The number of aromatic hydroxyl groups is 1. The van der Waals surface area contributed by atoms with Gasteiger partial charge in [0, 0.05) is 12.2 Å². The van der Waals surface area contributed by atoms with Crippen molar-refractivity contribution in [2.24, 2.45) is 0 Å². The fourth-order valence-electron chi connectivity index (χ4n) is 2.67. The van der Waals surface area contributed by atoms with Crippen molar-refractivity contribution in [2.45, 2.75) is 32.4 Å². The van der Waals surface area contributed by atoms with Gasteiger partial charge in [-0.3, -0.25) is 0 Å². The first-order valence-electron chi connectivity index (χ1n) is 7.81. The molecule has 3 rings (SSSR count). The van der Waals surface area contributed by atoms with Crippen molar-refractivity contribution in [1.29, 1.82) is 0 Å². The lowest BCUT2D eigenvalue weighted by Gasteiger charge is -2.25. The highest BCUT2D eigenvalue weighted by molar-refractivity contribution is 14.1. The number of ether oxygens (including phenoxy) is 1. The van der Waals surface area contributed by atoms with E-state index in [2.05, 4.69) is 18.8 Å². The molecule has 9 heteroatoms. The molecule has 0 bridgehead atoms. The second-order valence-corrected chi connectivity index (χ2v) is 7.06. The van der Waals surface area contributed by atoms with Gasteiger partial charge in [0.2, 0.25) is 5.28 Å². The highest BCUT2D eigenvalue weighted by atomic mass is 127. The van der Waals surface area contributed by atoms with Crippen LogP contribution in [0.3, 0.4) is 0 Å². The quantitative estimate of drug-likeness (QED) is 0.309. The summed E-state index contributed by atoms with van der Waals surface area (Å²) in [5.74, 6) is 0.672. The third kappa shape index (κ3) is 4.21. The molecule has 2 heterocycles. The molecule has 0 saturated carbocycles. The van der Waals surface area contributed by atoms with Crippen LogP contribution >= 0.6 is 46.1 Å². The molecule has 6 nitrogen and oxygen atoms in total. The Balaban J connectivity index is 2.06. The lowest BCUT2D eigenvalue weighted by molar-refractivity contribution is 0.0341. The maximum atomic E-state index is 10.1. The predicted octanol–water partition coefficient (Wildman–Crippen LogP) is 5.16. The Labute approximate surface area is 169 Å². The minimum Gasteiger partial charge on any atom is -0.508 e. The monoisotopic (exact) mass is 494 g/mol. The lowest BCUT2D eigenvalue weighted by Crippen LogP contribution is -2.28. The zero-order valence-electron chi connectivity index (χ0n) is 13.4. The van der Waals surface area contributed by atoms with Crippen LogP contribution in [0.2, 0.25) is 10.3 Å². The standard InChI is InChI=1S/C16H17Cl2IN4O2/c1-8-6-10(17)9(7-11(8)24)13-14(23-19)15(22-16(18)21-13)20-12-4-2-3-5-25-12/h6-7,12,23-24H,2-5H2,1H3,(H,20,21,22). The molecule has 1 fully saturated rings. The van der Waals surface area contributed by atoms with Crippen molar-refractivity contribution in [2.75, 3.05) is 15.5 Å². The van der Waals surface area contributed by atoms with Gasteiger partial charge < -0.3 is 18.7 Å². The number of hydrogen-bond donors (Lipinski definition) is 3. The second kappa shape index (κ2) is 8.11. The number of benzene rings is 1. The molecule has 25 heavy (non-hydrogen) atoms. The zero-order valence-corrected chi connectivity index (χ0v) is 17.1. The Morgan fingerprint density at radius 3 is 2.76 bits per heavy atom. The smallest absolute Gasteiger partial charge is 0.225 e. The summed E-state index contributed by atoms with van der Waals surface area (Å²) < 4.78 is 8.78. The van der Waals surface area contributed by atoms with Crippen molar-refractivity contribution < 1.29 is 9.84 Å². The van der Waals surface area contributed by atoms with Gasteiger partial charge in [0.05, 0.1) is 27.9 Å². The van der Waals surface area contributed by atoms with Crippen molar-refractivity contribution in [1.82, 2.24) is 9.97 Å². The third-order valence-corrected chi connectivity index (χ3v) is 5.02. The molecular weight excluding hydrogens is 478 g/mol. The van der Waals surface area contributed by atoms with Gasteiger partial charge in [-0.15, -0.1) is 0 Å². The van der Waals surface area contributed by atoms with Crippen molar-refractivity contribution in [3.63, 3.8) is 0 Å². The van der Waals surface area contributed by atoms with E-state index in [-0.39, 0.29) is 17.3 Å². The molecule has 1 saturated heterocycles. The van der Waals surface area contributed by atoms with E-state index in [1.165, 1.54) is 0 Å². The normalized spacial score (nSPS) is 17.4. The molecule has 2 aromatic rings. The highest BCUT2D eigenvalue weighted by Gasteiger charge is 2.21. The summed E-state index contributed by atoms with van der Waals surface area (Å²) in [5.41, 5.74) is 2.39. The molecule has 1 atom stereocenters. The fourth-order valence-corrected chi connectivity index (χ4v) is 3.66. The van der Waals surface area contributed by atoms with Crippen LogP contribution in [0.25, 0.3) is 11.3 Å². The van der Waals surface area contributed by atoms with Gasteiger partial charge in [0.1, 0.15) is 23.4 Å². The van der Waals surface area contributed by atoms with Gasteiger partial charge in [-0.2, -0.15) is 4.98 Å². The fraction of sp³-hybridized carbons (Fsp3) is 0.375. The summed E-state index contributed by atoms with van der Waals surface area (Å²) >= 11 is 14.5. The summed E-state index contributed by atoms with van der Waals surface area (Å²) in [5, 5.41) is 13.9. The molecule has 0 spiro atoms. The molecule has 134 valence electrons. The first-order chi connectivity index (χ1) is 12.0. The van der Waals surface area contributed by atoms with Gasteiger partial charge >= 0.3 is 0 Å². The first-order valence-corrected chi connectivity index (χ1v) is 9.65. The topological polar surface area (TPSA) is 79.3 Å². The van der Waals surface area contributed by atoms with E-state index in [4.69, 9.17) is 27.9 Å². The summed E-state index contributed by atoms with van der Waals surface area (Å²) in [7, 11) is 0. The van der Waals surface area contributed by atoms with Gasteiger partial charge in [-0.05, 0) is 55.5 Å². The Hall–Kier alpha value is -1.03. The van der Waals surface area contributed by atoms with E-state index in [0.29, 0.717) is 40.0 Å². The number of nitrogens with zero attached hydrogens (tertiary/aromatic N) is 2. The first kappa shape index (κ1) is 18.8. The number of hydrogen-bond acceptors (Lipinski definition) is 6. The van der Waals surface area contributed by atoms with E-state index in [9.17, 15) is 5.11 Å². The zero-order chi connectivity index (χ0) is 18.0. The van der Waals surface area contributed by atoms with E-state index in [0.717, 1.165) is 19.3 Å². The number of nitrogens with one attached hydrogen (secondary N) is 2. The lowest BCUT2D eigenvalue weighted by atomic mass is 10.1. The minimum absolute atomic E-state index is 0.0832. The van der Waals surface area contributed by atoms with E-state index < -0.39 is 0 Å². The molecular formula is C16H17Cl2IN4O2. The average Bonchev–Trinajstić information content (AvgIpc) is 2.58. The number of rotatable bonds is 4.